The van der Waals surface area contributed by atoms with Crippen molar-refractivity contribution in [2.24, 2.45) is 0 Å². The van der Waals surface area contributed by atoms with Gasteiger partial charge in [-0.15, -0.1) is 0 Å². The number of imide groups is 1. The van der Waals surface area contributed by atoms with Crippen molar-refractivity contribution in [1.82, 2.24) is 5.32 Å². The van der Waals surface area contributed by atoms with E-state index in [-0.39, 0.29) is 35.7 Å². The van der Waals surface area contributed by atoms with Gasteiger partial charge in [0.2, 0.25) is 15.9 Å². The van der Waals surface area contributed by atoms with Gasteiger partial charge in [-0.05, 0) is 29.7 Å². The van der Waals surface area contributed by atoms with Crippen LogP contribution < -0.4 is 25.0 Å². The molecule has 0 radical (unpaired) electrons. The number of nitrogens with one attached hydrogen (secondary N) is 3. The van der Waals surface area contributed by atoms with Crippen LogP contribution in [0, 0.1) is 10.1 Å². The Bertz CT molecular complexity index is 1400. The zero-order valence-electron chi connectivity index (χ0n) is 20.9. The molecule has 0 aromatic heterocycles. The van der Waals surface area contributed by atoms with Crippen molar-refractivity contribution in [2.75, 3.05) is 34.8 Å². The van der Waals surface area contributed by atoms with Gasteiger partial charge in [0.1, 0.15) is 11.4 Å². The Balaban J connectivity index is 2.07. The van der Waals surface area contributed by atoms with Gasteiger partial charge in [-0.25, -0.2) is 13.2 Å². The molecule has 3 N–H and O–H groups in total. The number of hydrogen-bond acceptors (Lipinski definition) is 8. The smallest absolute Gasteiger partial charge is 0.328 e. The van der Waals surface area contributed by atoms with Gasteiger partial charge in [0.25, 0.3) is 11.6 Å². The van der Waals surface area contributed by atoms with Crippen molar-refractivity contribution in [1.29, 1.82) is 0 Å². The third-order valence-electron chi connectivity index (χ3n) is 5.44. The SMILES string of the molecule is COc1c(C(=O)Nc2ccc(NS(C)(=O)=O)c([N+](=O)[O-])c2)cc(N2CCC(=O)NC2=O)cc1C(C)(C)C. The summed E-state index contributed by atoms with van der Waals surface area (Å²) in [7, 11) is -2.39. The van der Waals surface area contributed by atoms with E-state index in [1.54, 1.807) is 6.07 Å². The maximum Gasteiger partial charge on any atom is 0.328 e. The van der Waals surface area contributed by atoms with Gasteiger partial charge < -0.3 is 10.1 Å². The Morgan fingerprint density at radius 2 is 1.86 bits per heavy atom. The second kappa shape index (κ2) is 10.0. The van der Waals surface area contributed by atoms with Crippen molar-refractivity contribution in [3.05, 3.63) is 51.6 Å². The Kier molecular flexibility index (Phi) is 7.44. The molecule has 0 spiro atoms. The summed E-state index contributed by atoms with van der Waals surface area (Å²) in [4.78, 5) is 49.5. The molecule has 1 heterocycles. The Morgan fingerprint density at radius 1 is 1.19 bits per heavy atom. The van der Waals surface area contributed by atoms with E-state index in [4.69, 9.17) is 4.74 Å². The lowest BCUT2D eigenvalue weighted by molar-refractivity contribution is -0.383. The Morgan fingerprint density at radius 3 is 2.41 bits per heavy atom. The van der Waals surface area contributed by atoms with Gasteiger partial charge in [-0.1, -0.05) is 20.8 Å². The lowest BCUT2D eigenvalue weighted by atomic mass is 9.84. The van der Waals surface area contributed by atoms with Crippen LogP contribution >= 0.6 is 0 Å². The summed E-state index contributed by atoms with van der Waals surface area (Å²) < 4.78 is 30.7. The van der Waals surface area contributed by atoms with E-state index in [0.29, 0.717) is 11.3 Å². The average Bonchev–Trinajstić information content (AvgIpc) is 2.77. The Labute approximate surface area is 213 Å². The van der Waals surface area contributed by atoms with E-state index >= 15 is 0 Å². The molecule has 198 valence electrons. The van der Waals surface area contributed by atoms with Crippen molar-refractivity contribution >= 4 is 50.6 Å². The largest absolute Gasteiger partial charge is 0.496 e. The number of rotatable bonds is 7. The number of nitro benzene ring substituents is 1. The normalized spacial score (nSPS) is 14.1. The molecule has 4 amide bonds. The van der Waals surface area contributed by atoms with E-state index in [2.05, 4.69) is 15.4 Å². The van der Waals surface area contributed by atoms with Crippen LogP contribution in [-0.4, -0.2) is 51.1 Å². The van der Waals surface area contributed by atoms with Gasteiger partial charge in [-0.3, -0.25) is 34.6 Å². The van der Waals surface area contributed by atoms with Crippen LogP contribution in [0.1, 0.15) is 43.1 Å². The van der Waals surface area contributed by atoms with Crippen LogP contribution in [0.2, 0.25) is 0 Å². The molecule has 3 rings (SSSR count). The maximum atomic E-state index is 13.4. The number of hydrogen-bond donors (Lipinski definition) is 3. The topological polar surface area (TPSA) is 177 Å². The van der Waals surface area contributed by atoms with Crippen molar-refractivity contribution in [3.8, 4) is 5.75 Å². The second-order valence-electron chi connectivity index (χ2n) is 9.40. The molecular formula is C23H27N5O8S. The first-order valence-corrected chi connectivity index (χ1v) is 12.9. The molecule has 1 fully saturated rings. The maximum absolute atomic E-state index is 13.4. The van der Waals surface area contributed by atoms with E-state index < -0.39 is 43.9 Å². The van der Waals surface area contributed by atoms with Crippen molar-refractivity contribution in [3.63, 3.8) is 0 Å². The molecule has 0 aliphatic carbocycles. The highest BCUT2D eigenvalue weighted by atomic mass is 32.2. The number of ether oxygens (including phenoxy) is 1. The predicted octanol–water partition coefficient (Wildman–Crippen LogP) is 2.97. The first-order valence-electron chi connectivity index (χ1n) is 11.0. The summed E-state index contributed by atoms with van der Waals surface area (Å²) in [5.74, 6) is -0.845. The third kappa shape index (κ3) is 6.33. The molecule has 37 heavy (non-hydrogen) atoms. The molecule has 1 aliphatic heterocycles. The van der Waals surface area contributed by atoms with Gasteiger partial charge >= 0.3 is 6.03 Å². The number of methoxy groups -OCH3 is 1. The molecular weight excluding hydrogens is 506 g/mol. The van der Waals surface area contributed by atoms with E-state index in [1.165, 1.54) is 24.1 Å². The summed E-state index contributed by atoms with van der Waals surface area (Å²) in [6.45, 7) is 5.80. The number of benzene rings is 2. The third-order valence-corrected chi connectivity index (χ3v) is 6.03. The highest BCUT2D eigenvalue weighted by Crippen LogP contribution is 2.39. The minimum Gasteiger partial charge on any atom is -0.496 e. The average molecular weight is 534 g/mol. The minimum atomic E-state index is -3.78. The minimum absolute atomic E-state index is 0.0295. The summed E-state index contributed by atoms with van der Waals surface area (Å²) in [6, 6.07) is 6.02. The number of anilines is 3. The molecule has 0 atom stereocenters. The fourth-order valence-electron chi connectivity index (χ4n) is 3.77. The molecule has 2 aromatic carbocycles. The van der Waals surface area contributed by atoms with E-state index in [0.717, 1.165) is 18.4 Å². The molecule has 0 saturated carbocycles. The zero-order valence-corrected chi connectivity index (χ0v) is 21.7. The number of nitrogens with zero attached hydrogens (tertiary/aromatic N) is 2. The number of carbonyl (C=O) groups excluding carboxylic acids is 3. The molecule has 0 unspecified atom stereocenters. The van der Waals surface area contributed by atoms with Gasteiger partial charge in [-0.2, -0.15) is 0 Å². The van der Waals surface area contributed by atoms with Crippen LogP contribution in [0.3, 0.4) is 0 Å². The predicted molar refractivity (Wildman–Crippen MR) is 137 cm³/mol. The Hall–Kier alpha value is -4.20. The number of urea groups is 1. The second-order valence-corrected chi connectivity index (χ2v) is 11.1. The highest BCUT2D eigenvalue weighted by Gasteiger charge is 2.30. The first-order chi connectivity index (χ1) is 17.1. The van der Waals surface area contributed by atoms with Crippen molar-refractivity contribution < 1.29 is 32.5 Å². The summed E-state index contributed by atoms with van der Waals surface area (Å²) in [5.41, 5.74) is -0.284. The molecule has 2 aromatic rings. The van der Waals surface area contributed by atoms with Crippen LogP contribution in [0.5, 0.6) is 5.75 Å². The summed E-state index contributed by atoms with van der Waals surface area (Å²) in [6.07, 6.45) is 0.943. The van der Waals surface area contributed by atoms with Gasteiger partial charge in [0.15, 0.2) is 0 Å². The number of carbonyl (C=O) groups is 3. The van der Waals surface area contributed by atoms with Crippen molar-refractivity contribution in [2.45, 2.75) is 32.6 Å². The lowest BCUT2D eigenvalue weighted by Gasteiger charge is -2.30. The van der Waals surface area contributed by atoms with E-state index in [1.807, 2.05) is 20.8 Å². The van der Waals surface area contributed by atoms with E-state index in [9.17, 15) is 32.9 Å². The highest BCUT2D eigenvalue weighted by molar-refractivity contribution is 7.92. The van der Waals surface area contributed by atoms with Gasteiger partial charge in [0, 0.05) is 36.0 Å². The standard InChI is InChI=1S/C23H27N5O8S/c1-23(2,3)16-12-14(27-9-8-19(29)25-22(27)31)11-15(20(16)36-4)21(30)24-13-6-7-17(26-37(5,34)35)18(10-13)28(32)33/h6-7,10-12,26H,8-9H2,1-5H3,(H,24,30)(H,25,29,31). The quantitative estimate of drug-likeness (QED) is 0.359. The molecule has 0 bridgehead atoms. The summed E-state index contributed by atoms with van der Waals surface area (Å²) in [5, 5.41) is 16.3. The molecule has 14 heteroatoms. The monoisotopic (exact) mass is 533 g/mol. The van der Waals surface area contributed by atoms with Crippen LogP contribution in [-0.2, 0) is 20.2 Å². The zero-order chi connectivity index (χ0) is 27.7. The molecule has 13 nitrogen and oxygen atoms in total. The molecule has 1 saturated heterocycles. The number of amides is 4. The number of sulfonamides is 1. The first kappa shape index (κ1) is 27.4. The fourth-order valence-corrected chi connectivity index (χ4v) is 4.34. The van der Waals surface area contributed by atoms with Crippen LogP contribution in [0.25, 0.3) is 0 Å². The molecule has 1 aliphatic rings. The van der Waals surface area contributed by atoms with Gasteiger partial charge in [0.05, 0.1) is 23.9 Å². The number of nitro groups is 1. The van der Waals surface area contributed by atoms with Crippen LogP contribution in [0.4, 0.5) is 27.5 Å². The summed E-state index contributed by atoms with van der Waals surface area (Å²) >= 11 is 0. The lowest BCUT2D eigenvalue weighted by Crippen LogP contribution is -2.49. The van der Waals surface area contributed by atoms with Crippen LogP contribution in [0.15, 0.2) is 30.3 Å². The fraction of sp³-hybridized carbons (Fsp3) is 0.348.